The number of carboxylic acid groups (broad SMARTS) is 1. The largest absolute Gasteiger partial charge is 0.478 e. The van der Waals surface area contributed by atoms with Crippen molar-refractivity contribution >= 4 is 11.8 Å². The summed E-state index contributed by atoms with van der Waals surface area (Å²) in [4.78, 5) is 10.8. The number of rotatable bonds is 2. The van der Waals surface area contributed by atoms with Gasteiger partial charge in [0.1, 0.15) is 5.82 Å². The highest BCUT2D eigenvalue weighted by atomic mass is 16.4. The summed E-state index contributed by atoms with van der Waals surface area (Å²) in [5.74, 6) is -0.544. The van der Waals surface area contributed by atoms with Crippen LogP contribution in [0.2, 0.25) is 0 Å². The van der Waals surface area contributed by atoms with Gasteiger partial charge < -0.3 is 10.8 Å². The molecule has 0 aliphatic carbocycles. The van der Waals surface area contributed by atoms with Crippen molar-refractivity contribution in [1.82, 2.24) is 9.78 Å². The molecule has 82 valence electrons. The van der Waals surface area contributed by atoms with Crippen LogP contribution in [-0.2, 0) is 0 Å². The molecule has 1 heterocycles. The van der Waals surface area contributed by atoms with Gasteiger partial charge >= 0.3 is 5.97 Å². The van der Waals surface area contributed by atoms with Gasteiger partial charge in [-0.2, -0.15) is 5.10 Å². The van der Waals surface area contributed by atoms with Crippen LogP contribution in [0.25, 0.3) is 5.69 Å². The van der Waals surface area contributed by atoms with E-state index >= 15 is 0 Å². The summed E-state index contributed by atoms with van der Waals surface area (Å²) < 4.78 is 1.61. The van der Waals surface area contributed by atoms with Crippen LogP contribution in [0.4, 0.5) is 5.82 Å². The average molecular weight is 217 g/mol. The van der Waals surface area contributed by atoms with Gasteiger partial charge in [0.05, 0.1) is 11.3 Å². The van der Waals surface area contributed by atoms with Crippen molar-refractivity contribution in [3.63, 3.8) is 0 Å². The topological polar surface area (TPSA) is 81.1 Å². The Kier molecular flexibility index (Phi) is 2.36. The maximum atomic E-state index is 10.8. The van der Waals surface area contributed by atoms with Crippen molar-refractivity contribution in [2.45, 2.75) is 6.92 Å². The SMILES string of the molecule is Cc1cc(N)nn1-c1cccc(C(=O)O)c1. The predicted octanol–water partition coefficient (Wildman–Crippen LogP) is 1.46. The first-order chi connectivity index (χ1) is 7.58. The van der Waals surface area contributed by atoms with Gasteiger partial charge in [0.25, 0.3) is 0 Å². The number of carbonyl (C=O) groups is 1. The number of nitrogens with two attached hydrogens (primary N) is 1. The summed E-state index contributed by atoms with van der Waals surface area (Å²) in [6, 6.07) is 8.28. The molecule has 0 amide bonds. The molecule has 5 nitrogen and oxygen atoms in total. The molecule has 0 aliphatic rings. The van der Waals surface area contributed by atoms with Crippen molar-refractivity contribution in [3.8, 4) is 5.69 Å². The van der Waals surface area contributed by atoms with Gasteiger partial charge in [-0.15, -0.1) is 0 Å². The van der Waals surface area contributed by atoms with E-state index in [1.54, 1.807) is 28.9 Å². The van der Waals surface area contributed by atoms with Crippen molar-refractivity contribution in [3.05, 3.63) is 41.6 Å². The smallest absolute Gasteiger partial charge is 0.335 e. The molecule has 5 heteroatoms. The zero-order valence-corrected chi connectivity index (χ0v) is 8.71. The molecule has 2 aromatic rings. The highest BCUT2D eigenvalue weighted by Crippen LogP contribution is 2.14. The molecule has 0 radical (unpaired) electrons. The number of nitrogen functional groups attached to an aromatic ring is 1. The number of hydrogen-bond donors (Lipinski definition) is 2. The molecule has 0 saturated heterocycles. The molecule has 2 rings (SSSR count). The molecule has 0 unspecified atom stereocenters. The summed E-state index contributed by atoms with van der Waals surface area (Å²) in [6.07, 6.45) is 0. The Morgan fingerprint density at radius 3 is 2.75 bits per heavy atom. The van der Waals surface area contributed by atoms with Crippen LogP contribution in [0.1, 0.15) is 16.1 Å². The van der Waals surface area contributed by atoms with Gasteiger partial charge in [-0.3, -0.25) is 0 Å². The second-order valence-corrected chi connectivity index (χ2v) is 3.48. The maximum Gasteiger partial charge on any atom is 0.335 e. The molecule has 0 saturated carbocycles. The molecule has 0 atom stereocenters. The summed E-state index contributed by atoms with van der Waals surface area (Å²) in [6.45, 7) is 1.86. The third kappa shape index (κ3) is 1.75. The van der Waals surface area contributed by atoms with E-state index in [1.165, 1.54) is 6.07 Å². The zero-order chi connectivity index (χ0) is 11.7. The van der Waals surface area contributed by atoms with E-state index in [2.05, 4.69) is 5.10 Å². The number of aryl methyl sites for hydroxylation is 1. The first kappa shape index (κ1) is 10.2. The van der Waals surface area contributed by atoms with Crippen molar-refractivity contribution < 1.29 is 9.90 Å². The monoisotopic (exact) mass is 217 g/mol. The average Bonchev–Trinajstić information content (AvgIpc) is 2.58. The molecule has 0 fully saturated rings. The van der Waals surface area contributed by atoms with Crippen molar-refractivity contribution in [2.24, 2.45) is 0 Å². The molecule has 0 bridgehead atoms. The van der Waals surface area contributed by atoms with E-state index in [-0.39, 0.29) is 5.56 Å². The van der Waals surface area contributed by atoms with Crippen LogP contribution in [0, 0.1) is 6.92 Å². The zero-order valence-electron chi connectivity index (χ0n) is 8.71. The lowest BCUT2D eigenvalue weighted by molar-refractivity contribution is 0.0697. The predicted molar refractivity (Wildman–Crippen MR) is 59.7 cm³/mol. The van der Waals surface area contributed by atoms with E-state index in [0.29, 0.717) is 11.5 Å². The molecule has 0 spiro atoms. The highest BCUT2D eigenvalue weighted by Gasteiger charge is 2.07. The van der Waals surface area contributed by atoms with Crippen LogP contribution in [-0.4, -0.2) is 20.9 Å². The van der Waals surface area contributed by atoms with Gasteiger partial charge in [0, 0.05) is 11.8 Å². The fourth-order valence-corrected chi connectivity index (χ4v) is 1.53. The summed E-state index contributed by atoms with van der Waals surface area (Å²) >= 11 is 0. The Balaban J connectivity index is 2.52. The summed E-state index contributed by atoms with van der Waals surface area (Å²) in [7, 11) is 0. The minimum Gasteiger partial charge on any atom is -0.478 e. The number of nitrogens with zero attached hydrogens (tertiary/aromatic N) is 2. The second kappa shape index (κ2) is 3.69. The number of hydrogen-bond acceptors (Lipinski definition) is 3. The van der Waals surface area contributed by atoms with Gasteiger partial charge in [-0.1, -0.05) is 6.07 Å². The van der Waals surface area contributed by atoms with E-state index in [1.807, 2.05) is 6.92 Å². The maximum absolute atomic E-state index is 10.8. The fourth-order valence-electron chi connectivity index (χ4n) is 1.53. The molecular weight excluding hydrogens is 206 g/mol. The van der Waals surface area contributed by atoms with E-state index in [0.717, 1.165) is 5.69 Å². The lowest BCUT2D eigenvalue weighted by atomic mass is 10.2. The van der Waals surface area contributed by atoms with Crippen molar-refractivity contribution in [2.75, 3.05) is 5.73 Å². The molecule has 3 N–H and O–H groups in total. The Labute approximate surface area is 92.1 Å². The van der Waals surface area contributed by atoms with Crippen molar-refractivity contribution in [1.29, 1.82) is 0 Å². The molecular formula is C11H11N3O2. The van der Waals surface area contributed by atoms with Gasteiger partial charge in [0.2, 0.25) is 0 Å². The standard InChI is InChI=1S/C11H11N3O2/c1-7-5-10(12)13-14(7)9-4-2-3-8(6-9)11(15)16/h2-6H,1H3,(H2,12,13)(H,15,16). The van der Waals surface area contributed by atoms with E-state index < -0.39 is 5.97 Å². The Bertz CT molecular complexity index is 546. The van der Waals surface area contributed by atoms with Gasteiger partial charge in [0.15, 0.2) is 0 Å². The van der Waals surface area contributed by atoms with E-state index in [9.17, 15) is 4.79 Å². The third-order valence-corrected chi connectivity index (χ3v) is 2.24. The number of carboxylic acids is 1. The van der Waals surface area contributed by atoms with Gasteiger partial charge in [-0.25, -0.2) is 9.48 Å². The van der Waals surface area contributed by atoms with E-state index in [4.69, 9.17) is 10.8 Å². The third-order valence-electron chi connectivity index (χ3n) is 2.24. The summed E-state index contributed by atoms with van der Waals surface area (Å²) in [5, 5.41) is 13.0. The Morgan fingerprint density at radius 1 is 1.44 bits per heavy atom. The lowest BCUT2D eigenvalue weighted by Gasteiger charge is -2.04. The van der Waals surface area contributed by atoms with Crippen LogP contribution < -0.4 is 5.73 Å². The molecule has 1 aromatic carbocycles. The Morgan fingerprint density at radius 2 is 2.19 bits per heavy atom. The lowest BCUT2D eigenvalue weighted by Crippen LogP contribution is -2.02. The Hall–Kier alpha value is -2.30. The number of benzene rings is 1. The number of anilines is 1. The molecule has 0 aliphatic heterocycles. The van der Waals surface area contributed by atoms with Crippen LogP contribution in [0.5, 0.6) is 0 Å². The van der Waals surface area contributed by atoms with Crippen LogP contribution in [0.3, 0.4) is 0 Å². The van der Waals surface area contributed by atoms with Crippen LogP contribution >= 0.6 is 0 Å². The highest BCUT2D eigenvalue weighted by molar-refractivity contribution is 5.88. The minimum atomic E-state index is -0.959. The normalized spacial score (nSPS) is 10.3. The first-order valence-electron chi connectivity index (χ1n) is 4.74. The van der Waals surface area contributed by atoms with Gasteiger partial charge in [-0.05, 0) is 25.1 Å². The second-order valence-electron chi connectivity index (χ2n) is 3.48. The number of aromatic nitrogens is 2. The summed E-state index contributed by atoms with van der Waals surface area (Å²) in [5.41, 5.74) is 7.34. The first-order valence-corrected chi connectivity index (χ1v) is 4.74. The fraction of sp³-hybridized carbons (Fsp3) is 0.0909. The van der Waals surface area contributed by atoms with Crippen LogP contribution in [0.15, 0.2) is 30.3 Å². The molecule has 1 aromatic heterocycles. The molecule has 16 heavy (non-hydrogen) atoms. The minimum absolute atomic E-state index is 0.228. The number of aromatic carboxylic acids is 1. The quantitative estimate of drug-likeness (QED) is 0.797.